The molecular formula is C5H14ClNO. The zero-order chi connectivity index (χ0) is 5.86. The number of hydrogen-bond acceptors (Lipinski definition) is 2. The maximum absolute atomic E-state index is 5.42. The van der Waals surface area contributed by atoms with E-state index >= 15 is 0 Å². The lowest BCUT2D eigenvalue weighted by Crippen LogP contribution is -2.30. The molecule has 0 aromatic rings. The molecule has 0 aliphatic heterocycles. The molecule has 0 aromatic carbocycles. The molecule has 0 unspecified atom stereocenters. The van der Waals surface area contributed by atoms with Gasteiger partial charge in [-0.2, -0.15) is 0 Å². The first kappa shape index (κ1) is 11.1. The molecule has 0 aliphatic carbocycles. The van der Waals surface area contributed by atoms with Gasteiger partial charge in [-0.1, -0.05) is 0 Å². The summed E-state index contributed by atoms with van der Waals surface area (Å²) in [6.07, 6.45) is 0.181. The second kappa shape index (κ2) is 5.35. The van der Waals surface area contributed by atoms with E-state index in [2.05, 4.69) is 0 Å². The largest absolute Gasteiger partial charge is 0.380 e. The van der Waals surface area contributed by atoms with Crippen LogP contribution in [-0.4, -0.2) is 19.3 Å². The van der Waals surface area contributed by atoms with Crippen LogP contribution in [-0.2, 0) is 4.74 Å². The highest BCUT2D eigenvalue weighted by Gasteiger charge is 2.02. The van der Waals surface area contributed by atoms with Crippen LogP contribution in [0.3, 0.4) is 0 Å². The summed E-state index contributed by atoms with van der Waals surface area (Å²) in [5.41, 5.74) is 5.42. The fraction of sp³-hybridized carbons (Fsp3) is 1.00. The number of nitrogens with two attached hydrogens (primary N) is 1. The third kappa shape index (κ3) is 4.37. The fourth-order valence-corrected chi connectivity index (χ4v) is 0.215. The Hall–Kier alpha value is 0.210. The predicted octanol–water partition coefficient (Wildman–Crippen LogP) is 0.790. The molecule has 0 saturated heterocycles. The van der Waals surface area contributed by atoms with Gasteiger partial charge < -0.3 is 10.5 Å². The normalized spacial score (nSPS) is 16.5. The lowest BCUT2D eigenvalue weighted by molar-refractivity contribution is 0.101. The SMILES string of the molecule is CO[C@H](C)[C@@H](C)N.Cl. The van der Waals surface area contributed by atoms with Gasteiger partial charge >= 0.3 is 0 Å². The molecular weight excluding hydrogens is 126 g/mol. The number of methoxy groups -OCH3 is 1. The summed E-state index contributed by atoms with van der Waals surface area (Å²) in [6.45, 7) is 3.87. The smallest absolute Gasteiger partial charge is 0.0691 e. The molecule has 52 valence electrons. The molecule has 0 heterocycles. The molecule has 2 atom stereocenters. The molecule has 0 fully saturated rings. The van der Waals surface area contributed by atoms with Gasteiger partial charge in [0.1, 0.15) is 0 Å². The van der Waals surface area contributed by atoms with Crippen LogP contribution in [0.15, 0.2) is 0 Å². The van der Waals surface area contributed by atoms with E-state index < -0.39 is 0 Å². The average Bonchev–Trinajstić information content (AvgIpc) is 1.65. The summed E-state index contributed by atoms with van der Waals surface area (Å²) in [7, 11) is 1.66. The Morgan fingerprint density at radius 2 is 1.75 bits per heavy atom. The van der Waals surface area contributed by atoms with E-state index in [0.717, 1.165) is 0 Å². The van der Waals surface area contributed by atoms with Crippen molar-refractivity contribution in [2.75, 3.05) is 7.11 Å². The van der Waals surface area contributed by atoms with Crippen molar-refractivity contribution in [3.63, 3.8) is 0 Å². The van der Waals surface area contributed by atoms with Crippen LogP contribution in [0.25, 0.3) is 0 Å². The number of halogens is 1. The molecule has 0 rings (SSSR count). The summed E-state index contributed by atoms with van der Waals surface area (Å²) >= 11 is 0. The minimum atomic E-state index is 0. The van der Waals surface area contributed by atoms with Crippen molar-refractivity contribution in [1.29, 1.82) is 0 Å². The molecule has 3 heteroatoms. The van der Waals surface area contributed by atoms with Crippen molar-refractivity contribution >= 4 is 12.4 Å². The van der Waals surface area contributed by atoms with E-state index in [0.29, 0.717) is 0 Å². The minimum absolute atomic E-state index is 0. The maximum Gasteiger partial charge on any atom is 0.0691 e. The maximum atomic E-state index is 5.42. The standard InChI is InChI=1S/C5H13NO.ClH/c1-4(6)5(2)7-3;/h4-5H,6H2,1-3H3;1H/t4-,5-;/m1./s1. The van der Waals surface area contributed by atoms with Crippen LogP contribution < -0.4 is 5.73 Å². The van der Waals surface area contributed by atoms with Crippen LogP contribution in [0.4, 0.5) is 0 Å². The van der Waals surface area contributed by atoms with Crippen LogP contribution >= 0.6 is 12.4 Å². The van der Waals surface area contributed by atoms with Crippen molar-refractivity contribution < 1.29 is 4.74 Å². The molecule has 0 radical (unpaired) electrons. The summed E-state index contributed by atoms with van der Waals surface area (Å²) in [4.78, 5) is 0. The molecule has 2 N–H and O–H groups in total. The number of hydrogen-bond donors (Lipinski definition) is 1. The monoisotopic (exact) mass is 139 g/mol. The lowest BCUT2D eigenvalue weighted by atomic mass is 10.2. The average molecular weight is 140 g/mol. The van der Waals surface area contributed by atoms with Crippen LogP contribution in [0, 0.1) is 0 Å². The fourth-order valence-electron chi connectivity index (χ4n) is 0.215. The highest BCUT2D eigenvalue weighted by molar-refractivity contribution is 5.85. The first-order valence-corrected chi connectivity index (χ1v) is 2.47. The van der Waals surface area contributed by atoms with Gasteiger partial charge in [0.05, 0.1) is 6.10 Å². The van der Waals surface area contributed by atoms with Crippen LogP contribution in [0.5, 0.6) is 0 Å². The third-order valence-corrected chi connectivity index (χ3v) is 1.11. The zero-order valence-electron chi connectivity index (χ0n) is 5.55. The van der Waals surface area contributed by atoms with Gasteiger partial charge in [0.15, 0.2) is 0 Å². The van der Waals surface area contributed by atoms with Crippen molar-refractivity contribution in [1.82, 2.24) is 0 Å². The van der Waals surface area contributed by atoms with Gasteiger partial charge in [-0.25, -0.2) is 0 Å². The van der Waals surface area contributed by atoms with Crippen molar-refractivity contribution in [2.45, 2.75) is 26.0 Å². The van der Waals surface area contributed by atoms with Gasteiger partial charge in [0, 0.05) is 13.2 Å². The summed E-state index contributed by atoms with van der Waals surface area (Å²) in [5.74, 6) is 0. The van der Waals surface area contributed by atoms with E-state index in [4.69, 9.17) is 10.5 Å². The van der Waals surface area contributed by atoms with E-state index in [9.17, 15) is 0 Å². The molecule has 0 amide bonds. The molecule has 0 bridgehead atoms. The van der Waals surface area contributed by atoms with Crippen molar-refractivity contribution in [3.05, 3.63) is 0 Å². The minimum Gasteiger partial charge on any atom is -0.380 e. The molecule has 8 heavy (non-hydrogen) atoms. The Morgan fingerprint density at radius 1 is 1.38 bits per heavy atom. The molecule has 0 saturated carbocycles. The van der Waals surface area contributed by atoms with E-state index in [-0.39, 0.29) is 24.6 Å². The zero-order valence-corrected chi connectivity index (χ0v) is 6.37. The van der Waals surface area contributed by atoms with E-state index in [1.54, 1.807) is 7.11 Å². The molecule has 0 aliphatic rings. The van der Waals surface area contributed by atoms with Gasteiger partial charge in [-0.3, -0.25) is 0 Å². The molecule has 0 aromatic heterocycles. The Kier molecular flexibility index (Phi) is 7.40. The summed E-state index contributed by atoms with van der Waals surface area (Å²) in [6, 6.07) is 0.144. The van der Waals surface area contributed by atoms with Gasteiger partial charge in [-0.05, 0) is 13.8 Å². The number of ether oxygens (including phenoxy) is 1. The topological polar surface area (TPSA) is 35.2 Å². The first-order chi connectivity index (χ1) is 3.18. The Labute approximate surface area is 56.8 Å². The summed E-state index contributed by atoms with van der Waals surface area (Å²) < 4.78 is 4.89. The predicted molar refractivity (Wildman–Crippen MR) is 37.4 cm³/mol. The Morgan fingerprint density at radius 3 is 1.75 bits per heavy atom. The van der Waals surface area contributed by atoms with Crippen LogP contribution in [0.1, 0.15) is 13.8 Å². The van der Waals surface area contributed by atoms with Gasteiger partial charge in [-0.15, -0.1) is 12.4 Å². The van der Waals surface area contributed by atoms with E-state index in [1.165, 1.54) is 0 Å². The van der Waals surface area contributed by atoms with Crippen LogP contribution in [0.2, 0.25) is 0 Å². The van der Waals surface area contributed by atoms with Gasteiger partial charge in [0.25, 0.3) is 0 Å². The summed E-state index contributed by atoms with van der Waals surface area (Å²) in [5, 5.41) is 0. The second-order valence-electron chi connectivity index (χ2n) is 1.80. The Bertz CT molecular complexity index is 49.7. The van der Waals surface area contributed by atoms with Crippen molar-refractivity contribution in [2.24, 2.45) is 5.73 Å². The first-order valence-electron chi connectivity index (χ1n) is 2.47. The molecule has 2 nitrogen and oxygen atoms in total. The number of rotatable bonds is 2. The van der Waals surface area contributed by atoms with Crippen molar-refractivity contribution in [3.8, 4) is 0 Å². The second-order valence-corrected chi connectivity index (χ2v) is 1.80. The third-order valence-electron chi connectivity index (χ3n) is 1.11. The molecule has 0 spiro atoms. The van der Waals surface area contributed by atoms with E-state index in [1.807, 2.05) is 13.8 Å². The Balaban J connectivity index is 0. The highest BCUT2D eigenvalue weighted by atomic mass is 35.5. The lowest BCUT2D eigenvalue weighted by Gasteiger charge is -2.11. The van der Waals surface area contributed by atoms with Gasteiger partial charge in [0.2, 0.25) is 0 Å². The quantitative estimate of drug-likeness (QED) is 0.614. The highest BCUT2D eigenvalue weighted by Crippen LogP contribution is 1.89.